The molecule has 5 rings (SSSR count). The van der Waals surface area contributed by atoms with Crippen molar-refractivity contribution in [3.63, 3.8) is 0 Å². The van der Waals surface area contributed by atoms with E-state index in [1.807, 2.05) is 40.6 Å². The number of benzene rings is 3. The lowest BCUT2D eigenvalue weighted by molar-refractivity contribution is -0.137. The number of halogens is 4. The fourth-order valence-electron chi connectivity index (χ4n) is 4.37. The minimum atomic E-state index is -4.66. The molecule has 39 heavy (non-hydrogen) atoms. The molecular formula is C28H22ClF3N6O. The lowest BCUT2D eigenvalue weighted by Gasteiger charge is -2.24. The highest BCUT2D eigenvalue weighted by Crippen LogP contribution is 2.39. The molecule has 3 aromatic carbocycles. The third kappa shape index (κ3) is 5.37. The van der Waals surface area contributed by atoms with Gasteiger partial charge in [0.05, 0.1) is 22.6 Å². The van der Waals surface area contributed by atoms with E-state index in [4.69, 9.17) is 22.3 Å². The lowest BCUT2D eigenvalue weighted by Crippen LogP contribution is -2.33. The number of hydrogen-bond acceptors (Lipinski definition) is 4. The van der Waals surface area contributed by atoms with E-state index in [9.17, 15) is 18.0 Å². The summed E-state index contributed by atoms with van der Waals surface area (Å²) in [6, 6.07) is 17.7. The smallest absolute Gasteiger partial charge is 0.352 e. The summed E-state index contributed by atoms with van der Waals surface area (Å²) in [5, 5.41) is 0.636. The van der Waals surface area contributed by atoms with Gasteiger partial charge in [0.1, 0.15) is 0 Å². The molecule has 5 aromatic rings. The number of imidazole rings is 1. The fraction of sp³-hybridized carbons (Fsp3) is 0.107. The maximum absolute atomic E-state index is 13.6. The number of nitrogens with zero attached hydrogens (tertiary/aromatic N) is 5. The summed E-state index contributed by atoms with van der Waals surface area (Å²) in [7, 11) is 1.90. The second kappa shape index (κ2) is 10.3. The Morgan fingerprint density at radius 3 is 2.49 bits per heavy atom. The minimum absolute atomic E-state index is 0.185. The van der Waals surface area contributed by atoms with Gasteiger partial charge >= 0.3 is 12.2 Å². The van der Waals surface area contributed by atoms with E-state index < -0.39 is 17.8 Å². The second-order valence-electron chi connectivity index (χ2n) is 8.83. The van der Waals surface area contributed by atoms with Crippen LogP contribution in [0.15, 0.2) is 91.4 Å². The van der Waals surface area contributed by atoms with Crippen LogP contribution in [0, 0.1) is 0 Å². The normalized spacial score (nSPS) is 11.5. The molecule has 0 radical (unpaired) electrons. The standard InChI is InChI=1S/C28H22ClF3N6O/c1-36(16-18-5-4-6-20(29)15-18)26-25-34-13-14-37(25)17-23(35-26)19-9-11-21(12-10-19)38(27(33)39)24-8-3-2-7-22(24)28(30,31)32/h2-15,17H,16H2,1H3,(H2,33,39). The van der Waals surface area contributed by atoms with Crippen LogP contribution in [0.3, 0.4) is 0 Å². The highest BCUT2D eigenvalue weighted by molar-refractivity contribution is 6.30. The average molecular weight is 551 g/mol. The van der Waals surface area contributed by atoms with E-state index in [-0.39, 0.29) is 11.4 Å². The maximum Gasteiger partial charge on any atom is 0.418 e. The molecule has 0 fully saturated rings. The Labute approximate surface area is 226 Å². The number of primary amides is 1. The summed E-state index contributed by atoms with van der Waals surface area (Å²) in [5.74, 6) is 0.624. The quantitative estimate of drug-likeness (QED) is 0.249. The number of amides is 2. The van der Waals surface area contributed by atoms with E-state index in [0.29, 0.717) is 34.3 Å². The summed E-state index contributed by atoms with van der Waals surface area (Å²) in [4.78, 5) is 24.3. The molecule has 2 heterocycles. The topological polar surface area (TPSA) is 79.8 Å². The summed E-state index contributed by atoms with van der Waals surface area (Å²) < 4.78 is 42.7. The highest BCUT2D eigenvalue weighted by Gasteiger charge is 2.36. The van der Waals surface area contributed by atoms with Crippen LogP contribution in [0.4, 0.5) is 35.2 Å². The number of aromatic nitrogens is 3. The molecule has 0 saturated heterocycles. The van der Waals surface area contributed by atoms with Crippen molar-refractivity contribution in [2.75, 3.05) is 16.8 Å². The van der Waals surface area contributed by atoms with Gasteiger partial charge in [-0.05, 0) is 42.0 Å². The van der Waals surface area contributed by atoms with Crippen LogP contribution in [0.5, 0.6) is 0 Å². The molecule has 0 unspecified atom stereocenters. The van der Waals surface area contributed by atoms with Crippen LogP contribution < -0.4 is 15.5 Å². The summed E-state index contributed by atoms with van der Waals surface area (Å²) in [6.45, 7) is 0.532. The van der Waals surface area contributed by atoms with Gasteiger partial charge in [0.25, 0.3) is 0 Å². The van der Waals surface area contributed by atoms with Crippen LogP contribution in [-0.2, 0) is 12.7 Å². The zero-order valence-corrected chi connectivity index (χ0v) is 21.4. The molecule has 0 bridgehead atoms. The number of anilines is 3. The van der Waals surface area contributed by atoms with E-state index in [1.165, 1.54) is 30.3 Å². The largest absolute Gasteiger partial charge is 0.418 e. The van der Waals surface area contributed by atoms with Crippen molar-refractivity contribution in [3.8, 4) is 11.3 Å². The Kier molecular flexibility index (Phi) is 6.88. The number of carbonyl (C=O) groups is 1. The van der Waals surface area contributed by atoms with Gasteiger partial charge in [-0.15, -0.1) is 0 Å². The molecule has 2 aromatic heterocycles. The second-order valence-corrected chi connectivity index (χ2v) is 9.27. The Hall–Kier alpha value is -4.57. The molecule has 2 amide bonds. The molecule has 2 N–H and O–H groups in total. The monoisotopic (exact) mass is 550 g/mol. The van der Waals surface area contributed by atoms with E-state index in [0.717, 1.165) is 16.5 Å². The van der Waals surface area contributed by atoms with Gasteiger partial charge in [-0.3, -0.25) is 4.90 Å². The first-order chi connectivity index (χ1) is 18.6. The van der Waals surface area contributed by atoms with E-state index in [1.54, 1.807) is 30.7 Å². The Morgan fingerprint density at radius 2 is 1.79 bits per heavy atom. The first kappa shape index (κ1) is 26.1. The van der Waals surface area contributed by atoms with Crippen LogP contribution >= 0.6 is 11.6 Å². The number of para-hydroxylation sites is 1. The number of fused-ring (bicyclic) bond motifs is 1. The zero-order chi connectivity index (χ0) is 27.7. The summed E-state index contributed by atoms with van der Waals surface area (Å²) >= 11 is 6.14. The Balaban J connectivity index is 1.51. The maximum atomic E-state index is 13.6. The van der Waals surface area contributed by atoms with Crippen molar-refractivity contribution in [3.05, 3.63) is 108 Å². The third-order valence-electron chi connectivity index (χ3n) is 6.12. The van der Waals surface area contributed by atoms with Crippen molar-refractivity contribution in [1.82, 2.24) is 14.4 Å². The van der Waals surface area contributed by atoms with Crippen LogP contribution in [0.25, 0.3) is 16.9 Å². The number of nitrogens with two attached hydrogens (primary N) is 1. The predicted molar refractivity (Wildman–Crippen MR) is 145 cm³/mol. The number of rotatable bonds is 6. The molecular weight excluding hydrogens is 529 g/mol. The molecule has 0 spiro atoms. The van der Waals surface area contributed by atoms with Crippen molar-refractivity contribution >= 4 is 40.5 Å². The third-order valence-corrected chi connectivity index (χ3v) is 6.35. The summed E-state index contributed by atoms with van der Waals surface area (Å²) in [6.07, 6.45) is 0.610. The molecule has 0 aliphatic rings. The van der Waals surface area contributed by atoms with Crippen molar-refractivity contribution < 1.29 is 18.0 Å². The van der Waals surface area contributed by atoms with Crippen molar-refractivity contribution in [1.29, 1.82) is 0 Å². The Morgan fingerprint density at radius 1 is 1.05 bits per heavy atom. The van der Waals surface area contributed by atoms with Crippen molar-refractivity contribution in [2.45, 2.75) is 12.7 Å². The SMILES string of the molecule is CN(Cc1cccc(Cl)c1)c1nc(-c2ccc(N(C(N)=O)c3ccccc3C(F)(F)F)cc2)cn2ccnc12. The summed E-state index contributed by atoms with van der Waals surface area (Å²) in [5.41, 5.74) is 7.32. The van der Waals surface area contributed by atoms with Crippen LogP contribution in [0.1, 0.15) is 11.1 Å². The molecule has 0 saturated carbocycles. The molecule has 11 heteroatoms. The lowest BCUT2D eigenvalue weighted by atomic mass is 10.1. The molecule has 7 nitrogen and oxygen atoms in total. The molecule has 198 valence electrons. The first-order valence-electron chi connectivity index (χ1n) is 11.8. The number of alkyl halides is 3. The zero-order valence-electron chi connectivity index (χ0n) is 20.6. The van der Waals surface area contributed by atoms with Gasteiger partial charge in [-0.2, -0.15) is 13.2 Å². The van der Waals surface area contributed by atoms with Crippen LogP contribution in [0.2, 0.25) is 5.02 Å². The van der Waals surface area contributed by atoms with Gasteiger partial charge in [0.2, 0.25) is 0 Å². The van der Waals surface area contributed by atoms with Gasteiger partial charge in [-0.1, -0.05) is 48.0 Å². The fourth-order valence-corrected chi connectivity index (χ4v) is 4.58. The predicted octanol–water partition coefficient (Wildman–Crippen LogP) is 6.92. The Bertz CT molecular complexity index is 1650. The van der Waals surface area contributed by atoms with Gasteiger partial charge < -0.3 is 15.0 Å². The van der Waals surface area contributed by atoms with Gasteiger partial charge in [-0.25, -0.2) is 14.8 Å². The highest BCUT2D eigenvalue weighted by atomic mass is 35.5. The first-order valence-corrected chi connectivity index (χ1v) is 12.1. The molecule has 0 aliphatic carbocycles. The van der Waals surface area contributed by atoms with Crippen LogP contribution in [-0.4, -0.2) is 27.4 Å². The van der Waals surface area contributed by atoms with Gasteiger partial charge in [0.15, 0.2) is 11.5 Å². The number of urea groups is 1. The van der Waals surface area contributed by atoms with E-state index in [2.05, 4.69) is 4.98 Å². The van der Waals surface area contributed by atoms with E-state index >= 15 is 0 Å². The minimum Gasteiger partial charge on any atom is -0.352 e. The van der Waals surface area contributed by atoms with Crippen molar-refractivity contribution in [2.24, 2.45) is 5.73 Å². The molecule has 0 atom stereocenters. The number of hydrogen-bond donors (Lipinski definition) is 1. The van der Waals surface area contributed by atoms with Gasteiger partial charge in [0, 0.05) is 42.8 Å². The average Bonchev–Trinajstić information content (AvgIpc) is 3.37. The number of carbonyl (C=O) groups excluding carboxylic acids is 1. The molecule has 0 aliphatic heterocycles.